The maximum absolute atomic E-state index is 6.32. The monoisotopic (exact) mass is 352 g/mol. The van der Waals surface area contributed by atoms with Gasteiger partial charge in [-0.05, 0) is 30.7 Å². The summed E-state index contributed by atoms with van der Waals surface area (Å²) in [7, 11) is 3.79. The van der Waals surface area contributed by atoms with E-state index in [2.05, 4.69) is 10.2 Å². The van der Waals surface area contributed by atoms with Crippen molar-refractivity contribution in [2.75, 3.05) is 0 Å². The van der Waals surface area contributed by atoms with Crippen molar-refractivity contribution in [3.63, 3.8) is 0 Å². The largest absolute Gasteiger partial charge is 0.275 e. The zero-order chi connectivity index (χ0) is 17.6. The Morgan fingerprint density at radius 1 is 0.920 bits per heavy atom. The summed E-state index contributed by atoms with van der Waals surface area (Å²) in [6.45, 7) is 1.98. The van der Waals surface area contributed by atoms with Crippen LogP contribution in [-0.2, 0) is 14.1 Å². The van der Waals surface area contributed by atoms with Crippen LogP contribution in [0.1, 0.15) is 5.56 Å². The van der Waals surface area contributed by atoms with Crippen molar-refractivity contribution < 1.29 is 0 Å². The molecule has 0 aliphatic carbocycles. The van der Waals surface area contributed by atoms with Crippen molar-refractivity contribution >= 4 is 11.6 Å². The molecule has 0 saturated carbocycles. The molecule has 0 radical (unpaired) electrons. The fourth-order valence-corrected chi connectivity index (χ4v) is 2.92. The minimum Gasteiger partial charge on any atom is -0.275 e. The van der Waals surface area contributed by atoms with Crippen LogP contribution in [0.2, 0.25) is 5.02 Å². The summed E-state index contributed by atoms with van der Waals surface area (Å²) in [6, 6.07) is 7.98. The number of nitrogens with zero attached hydrogens (tertiary/aromatic N) is 6. The third-order valence-electron chi connectivity index (χ3n) is 4.11. The number of hydrogen-bond acceptors (Lipinski definition) is 3. The van der Waals surface area contributed by atoms with E-state index in [1.54, 1.807) is 9.36 Å². The molecule has 3 heterocycles. The third-order valence-corrected chi connectivity index (χ3v) is 4.52. The van der Waals surface area contributed by atoms with Gasteiger partial charge >= 0.3 is 0 Å². The number of hydrogen-bond donors (Lipinski definition) is 0. The molecule has 0 atom stereocenters. The summed E-state index contributed by atoms with van der Waals surface area (Å²) in [6.07, 6.45) is 7.55. The topological polar surface area (TPSA) is 53.5 Å². The lowest BCUT2D eigenvalue weighted by Gasteiger charge is -2.07. The molecule has 1 aromatic carbocycles. The molecular weight excluding hydrogens is 336 g/mol. The molecule has 4 rings (SSSR count). The summed E-state index contributed by atoms with van der Waals surface area (Å²) in [5.74, 6) is 0. The molecule has 0 aliphatic rings. The Morgan fingerprint density at radius 2 is 1.60 bits per heavy atom. The molecule has 7 heteroatoms. The summed E-state index contributed by atoms with van der Waals surface area (Å²) in [4.78, 5) is 0. The first-order valence-electron chi connectivity index (χ1n) is 7.86. The molecule has 0 saturated heterocycles. The lowest BCUT2D eigenvalue weighted by atomic mass is 10.2. The second-order valence-corrected chi connectivity index (χ2v) is 6.47. The van der Waals surface area contributed by atoms with E-state index in [4.69, 9.17) is 16.7 Å². The Bertz CT molecular complexity index is 1060. The molecule has 4 aromatic rings. The Hall–Kier alpha value is -2.86. The number of rotatable bonds is 3. The summed E-state index contributed by atoms with van der Waals surface area (Å²) in [5, 5.41) is 14.0. The van der Waals surface area contributed by atoms with E-state index in [0.29, 0.717) is 5.02 Å². The maximum atomic E-state index is 6.32. The van der Waals surface area contributed by atoms with Gasteiger partial charge in [-0.2, -0.15) is 15.3 Å². The number of benzene rings is 1. The smallest absolute Gasteiger partial charge is 0.0965 e. The van der Waals surface area contributed by atoms with Gasteiger partial charge in [-0.15, -0.1) is 0 Å². The second-order valence-electron chi connectivity index (χ2n) is 6.07. The summed E-state index contributed by atoms with van der Waals surface area (Å²) in [5.41, 5.74) is 5.69. The van der Waals surface area contributed by atoms with Crippen molar-refractivity contribution in [2.24, 2.45) is 14.1 Å². The Labute approximate surface area is 150 Å². The molecule has 6 nitrogen and oxygen atoms in total. The molecule has 3 aromatic heterocycles. The predicted molar refractivity (Wildman–Crippen MR) is 97.7 cm³/mol. The highest BCUT2D eigenvalue weighted by molar-refractivity contribution is 6.31. The quantitative estimate of drug-likeness (QED) is 0.565. The van der Waals surface area contributed by atoms with Gasteiger partial charge in [0.15, 0.2) is 0 Å². The maximum Gasteiger partial charge on any atom is 0.0965 e. The van der Waals surface area contributed by atoms with E-state index in [-0.39, 0.29) is 0 Å². The molecule has 126 valence electrons. The zero-order valence-corrected chi connectivity index (χ0v) is 14.9. The average molecular weight is 353 g/mol. The van der Waals surface area contributed by atoms with Crippen molar-refractivity contribution in [2.45, 2.75) is 6.92 Å². The highest BCUT2D eigenvalue weighted by Crippen LogP contribution is 2.29. The van der Waals surface area contributed by atoms with Gasteiger partial charge in [0.05, 0.1) is 29.5 Å². The summed E-state index contributed by atoms with van der Waals surface area (Å²) < 4.78 is 5.43. The zero-order valence-electron chi connectivity index (χ0n) is 14.2. The molecule has 25 heavy (non-hydrogen) atoms. The predicted octanol–water partition coefficient (Wildman–Crippen LogP) is 3.64. The first-order chi connectivity index (χ1) is 12.0. The molecule has 0 spiro atoms. The van der Waals surface area contributed by atoms with Gasteiger partial charge in [-0.1, -0.05) is 17.7 Å². The molecule has 0 unspecified atom stereocenters. The van der Waals surface area contributed by atoms with Gasteiger partial charge < -0.3 is 0 Å². The first-order valence-corrected chi connectivity index (χ1v) is 8.24. The van der Waals surface area contributed by atoms with Crippen molar-refractivity contribution in [1.82, 2.24) is 29.3 Å². The van der Waals surface area contributed by atoms with Crippen LogP contribution in [-0.4, -0.2) is 29.3 Å². The minimum absolute atomic E-state index is 0.716. The van der Waals surface area contributed by atoms with Crippen LogP contribution in [0.25, 0.3) is 28.2 Å². The van der Waals surface area contributed by atoms with Crippen LogP contribution in [0.5, 0.6) is 0 Å². The first kappa shape index (κ1) is 15.7. The highest BCUT2D eigenvalue weighted by Gasteiger charge is 2.15. The van der Waals surface area contributed by atoms with Crippen molar-refractivity contribution in [1.29, 1.82) is 0 Å². The minimum atomic E-state index is 0.716. The van der Waals surface area contributed by atoms with Crippen molar-refractivity contribution in [3.8, 4) is 28.2 Å². The average Bonchev–Trinajstić information content (AvgIpc) is 3.29. The normalized spacial score (nSPS) is 11.2. The van der Waals surface area contributed by atoms with Gasteiger partial charge in [-0.25, -0.2) is 4.68 Å². The van der Waals surface area contributed by atoms with Crippen LogP contribution in [0.4, 0.5) is 0 Å². The molecule has 0 bridgehead atoms. The van der Waals surface area contributed by atoms with Gasteiger partial charge in [0.2, 0.25) is 0 Å². The lowest BCUT2D eigenvalue weighted by Crippen LogP contribution is -1.99. The fourth-order valence-electron chi connectivity index (χ4n) is 2.75. The molecule has 0 amide bonds. The van der Waals surface area contributed by atoms with Crippen LogP contribution < -0.4 is 0 Å². The SMILES string of the molecule is Cc1ccc(-n2nc(-c3cnn(C)c3)cc2-c2cnn(C)c2)cc1Cl. The lowest BCUT2D eigenvalue weighted by molar-refractivity contribution is 0.767. The Balaban J connectivity index is 1.91. The molecular formula is C18H17ClN6. The van der Waals surface area contributed by atoms with E-state index >= 15 is 0 Å². The Kier molecular flexibility index (Phi) is 3.69. The molecule has 0 N–H and O–H groups in total. The Morgan fingerprint density at radius 3 is 2.20 bits per heavy atom. The van der Waals surface area contributed by atoms with Gasteiger partial charge in [0, 0.05) is 42.6 Å². The molecule has 0 aliphatic heterocycles. The fraction of sp³-hybridized carbons (Fsp3) is 0.167. The third kappa shape index (κ3) is 2.85. The van der Waals surface area contributed by atoms with E-state index in [1.165, 1.54) is 0 Å². The van der Waals surface area contributed by atoms with Crippen LogP contribution >= 0.6 is 11.6 Å². The van der Waals surface area contributed by atoms with Crippen molar-refractivity contribution in [3.05, 3.63) is 59.6 Å². The number of halogens is 1. The van der Waals surface area contributed by atoms with Crippen LogP contribution in [0.3, 0.4) is 0 Å². The van der Waals surface area contributed by atoms with E-state index < -0.39 is 0 Å². The van der Waals surface area contributed by atoms with E-state index in [0.717, 1.165) is 33.8 Å². The molecule has 0 fully saturated rings. The van der Waals surface area contributed by atoms with Gasteiger partial charge in [-0.3, -0.25) is 9.36 Å². The van der Waals surface area contributed by atoms with Crippen LogP contribution in [0.15, 0.2) is 49.1 Å². The number of aromatic nitrogens is 6. The van der Waals surface area contributed by atoms with Crippen LogP contribution in [0, 0.1) is 6.92 Å². The summed E-state index contributed by atoms with van der Waals surface area (Å²) >= 11 is 6.32. The van der Waals surface area contributed by atoms with Gasteiger partial charge in [0.25, 0.3) is 0 Å². The standard InChI is InChI=1S/C18H17ClN6/c1-12-4-5-15(6-16(12)19)25-18(14-9-21-24(3)11-14)7-17(22-25)13-8-20-23(2)10-13/h4-11H,1-3H3. The van der Waals surface area contributed by atoms with E-state index in [1.807, 2.05) is 74.8 Å². The number of aryl methyl sites for hydroxylation is 3. The second kappa shape index (κ2) is 5.89. The van der Waals surface area contributed by atoms with Gasteiger partial charge in [0.1, 0.15) is 0 Å². The van der Waals surface area contributed by atoms with E-state index in [9.17, 15) is 0 Å². The highest BCUT2D eigenvalue weighted by atomic mass is 35.5.